The van der Waals surface area contributed by atoms with Gasteiger partial charge in [-0.1, -0.05) is 36.6 Å². The maximum atomic E-state index is 14.4. The maximum Gasteiger partial charge on any atom is 0.243 e. The van der Waals surface area contributed by atoms with Gasteiger partial charge >= 0.3 is 0 Å². The lowest BCUT2D eigenvalue weighted by atomic mass is 10.1. The number of Topliss-reactive ketones (excluding diaryl/α,β-unsaturated/α-hetero) is 1. The summed E-state index contributed by atoms with van der Waals surface area (Å²) < 4.78 is 36.2. The number of hydrogen-bond acceptors (Lipinski definition) is 4. The third kappa shape index (κ3) is 6.08. The van der Waals surface area contributed by atoms with E-state index in [1.807, 2.05) is 6.07 Å². The number of ketones is 1. The second-order valence-electron chi connectivity index (χ2n) is 10.3. The average Bonchev–Trinajstić information content (AvgIpc) is 3.54. The Morgan fingerprint density at radius 3 is 2.72 bits per heavy atom. The molecule has 2 unspecified atom stereocenters. The van der Waals surface area contributed by atoms with Crippen LogP contribution >= 0.6 is 11.6 Å². The normalized spacial score (nSPS) is 18.9. The summed E-state index contributed by atoms with van der Waals surface area (Å²) in [6.45, 7) is 1.50. The number of carbonyl (C=O) groups excluding carboxylic acids is 3. The van der Waals surface area contributed by atoms with Crippen LogP contribution in [0.15, 0.2) is 42.6 Å². The van der Waals surface area contributed by atoms with Gasteiger partial charge in [0.2, 0.25) is 11.8 Å². The van der Waals surface area contributed by atoms with Gasteiger partial charge < -0.3 is 19.5 Å². The molecule has 0 spiro atoms. The van der Waals surface area contributed by atoms with Crippen LogP contribution in [-0.4, -0.2) is 52.4 Å². The van der Waals surface area contributed by atoms with Crippen LogP contribution in [-0.2, 0) is 22.7 Å². The van der Waals surface area contributed by atoms with Crippen molar-refractivity contribution in [2.24, 2.45) is 5.92 Å². The molecule has 10 heteroatoms. The highest BCUT2D eigenvalue weighted by Gasteiger charge is 2.39. The lowest BCUT2D eigenvalue weighted by Gasteiger charge is -2.24. The number of nitrogens with zero attached hydrogens (tertiary/aromatic N) is 2. The molecule has 1 saturated heterocycles. The Morgan fingerprint density at radius 1 is 1.18 bits per heavy atom. The van der Waals surface area contributed by atoms with E-state index in [2.05, 4.69) is 5.32 Å². The Kier molecular flexibility index (Phi) is 7.88. The fourth-order valence-corrected chi connectivity index (χ4v) is 5.25. The molecule has 0 radical (unpaired) electrons. The van der Waals surface area contributed by atoms with E-state index in [0.717, 1.165) is 12.3 Å². The van der Waals surface area contributed by atoms with Crippen LogP contribution in [0.3, 0.4) is 0 Å². The van der Waals surface area contributed by atoms with Crippen molar-refractivity contribution >= 4 is 40.1 Å². The van der Waals surface area contributed by atoms with Crippen LogP contribution in [0.2, 0.25) is 5.02 Å². The number of carbonyl (C=O) groups is 3. The largest absolute Gasteiger partial charge is 0.494 e. The molecule has 1 aliphatic carbocycles. The van der Waals surface area contributed by atoms with Crippen molar-refractivity contribution in [1.82, 2.24) is 14.8 Å². The predicted molar refractivity (Wildman–Crippen MR) is 143 cm³/mol. The number of nitrogens with one attached hydrogen (secondary N) is 1. The summed E-state index contributed by atoms with van der Waals surface area (Å²) in [6.07, 6.45) is 3.56. The Bertz CT molecular complexity index is 1420. The van der Waals surface area contributed by atoms with Gasteiger partial charge in [0.15, 0.2) is 5.78 Å². The van der Waals surface area contributed by atoms with Crippen molar-refractivity contribution in [3.63, 3.8) is 0 Å². The number of alkyl halides is 1. The maximum absolute atomic E-state index is 14.4. The number of rotatable bonds is 10. The van der Waals surface area contributed by atoms with Gasteiger partial charge in [-0.2, -0.15) is 0 Å². The molecule has 2 aromatic carbocycles. The highest BCUT2D eigenvalue weighted by molar-refractivity contribution is 6.30. The molecule has 2 amide bonds. The number of benzene rings is 2. The zero-order valence-electron chi connectivity index (χ0n) is 21.6. The molecule has 206 valence electrons. The molecule has 2 fully saturated rings. The molecule has 2 heterocycles. The van der Waals surface area contributed by atoms with Gasteiger partial charge in [-0.05, 0) is 37.5 Å². The van der Waals surface area contributed by atoms with Gasteiger partial charge in [-0.3, -0.25) is 14.4 Å². The van der Waals surface area contributed by atoms with Crippen molar-refractivity contribution in [2.75, 3.05) is 13.2 Å². The summed E-state index contributed by atoms with van der Waals surface area (Å²) in [5.41, 5.74) is 1.30. The third-order valence-electron chi connectivity index (χ3n) is 7.39. The number of hydrogen-bond donors (Lipinski definition) is 1. The Labute approximate surface area is 230 Å². The quantitative estimate of drug-likeness (QED) is 0.353. The zero-order chi connectivity index (χ0) is 27.7. The van der Waals surface area contributed by atoms with Crippen molar-refractivity contribution in [1.29, 1.82) is 0 Å². The Hall–Kier alpha value is -3.46. The first kappa shape index (κ1) is 27.1. The van der Waals surface area contributed by atoms with Crippen molar-refractivity contribution in [2.45, 2.75) is 57.9 Å². The number of fused-ring (bicyclic) bond motifs is 1. The lowest BCUT2D eigenvalue weighted by Crippen LogP contribution is -2.46. The molecule has 2 aliphatic rings. The predicted octanol–water partition coefficient (Wildman–Crippen LogP) is 5.07. The highest BCUT2D eigenvalue weighted by Crippen LogP contribution is 2.33. The van der Waals surface area contributed by atoms with Crippen LogP contribution in [0.4, 0.5) is 8.78 Å². The van der Waals surface area contributed by atoms with E-state index < -0.39 is 29.8 Å². The number of ether oxygens (including phenoxy) is 1. The smallest absolute Gasteiger partial charge is 0.243 e. The minimum atomic E-state index is -1.37. The van der Waals surface area contributed by atoms with Crippen LogP contribution in [0.5, 0.6) is 5.75 Å². The second-order valence-corrected chi connectivity index (χ2v) is 10.7. The second kappa shape index (κ2) is 11.3. The van der Waals surface area contributed by atoms with Gasteiger partial charge in [-0.15, -0.1) is 0 Å². The Morgan fingerprint density at radius 2 is 1.97 bits per heavy atom. The van der Waals surface area contributed by atoms with E-state index >= 15 is 0 Å². The monoisotopic (exact) mass is 557 g/mol. The molecule has 1 saturated carbocycles. The first-order valence-electron chi connectivity index (χ1n) is 13.1. The highest BCUT2D eigenvalue weighted by atomic mass is 35.5. The summed E-state index contributed by atoms with van der Waals surface area (Å²) in [5.74, 6) is -0.454. The van der Waals surface area contributed by atoms with E-state index in [4.69, 9.17) is 16.3 Å². The molecule has 5 rings (SSSR count). The van der Waals surface area contributed by atoms with Gasteiger partial charge in [0.05, 0.1) is 23.7 Å². The molecular weight excluding hydrogens is 528 g/mol. The summed E-state index contributed by atoms with van der Waals surface area (Å²) in [6, 6.07) is 8.83. The molecule has 39 heavy (non-hydrogen) atoms. The minimum Gasteiger partial charge on any atom is -0.494 e. The van der Waals surface area contributed by atoms with Crippen molar-refractivity contribution in [3.05, 3.63) is 64.6 Å². The molecule has 1 aromatic heterocycles. The SMILES string of the molecule is CC(=O)c1cn(CC(=O)N2CC(F)CC2C(=O)NCc2cccc(Cl)c2F)c2cc(OCCC3CC3)ccc12. The topological polar surface area (TPSA) is 80.6 Å². The summed E-state index contributed by atoms with van der Waals surface area (Å²) in [7, 11) is 0. The van der Waals surface area contributed by atoms with E-state index in [1.165, 1.54) is 36.8 Å². The number of halogens is 3. The summed E-state index contributed by atoms with van der Waals surface area (Å²) in [5, 5.41) is 3.22. The van der Waals surface area contributed by atoms with Gasteiger partial charge in [-0.25, -0.2) is 8.78 Å². The standard InChI is InChI=1S/C29H30ClF2N3O4/c1-17(36)23-15-34(25-12-21(7-8-22(23)25)39-10-9-18-5-6-18)16-27(37)35-14-20(31)11-26(35)29(38)33-13-19-3-2-4-24(30)28(19)32/h2-4,7-8,12,15,18,20,26H,5-6,9-11,13-14,16H2,1H3,(H,33,38). The lowest BCUT2D eigenvalue weighted by molar-refractivity contribution is -0.139. The van der Waals surface area contributed by atoms with Crippen LogP contribution in [0, 0.1) is 11.7 Å². The molecule has 2 atom stereocenters. The van der Waals surface area contributed by atoms with E-state index in [1.54, 1.807) is 29.0 Å². The molecular formula is C29H30ClF2N3O4. The molecule has 1 aliphatic heterocycles. The zero-order valence-corrected chi connectivity index (χ0v) is 22.3. The Balaban J connectivity index is 1.31. The van der Waals surface area contributed by atoms with Crippen LogP contribution in [0.1, 0.15) is 48.5 Å². The van der Waals surface area contributed by atoms with Gasteiger partial charge in [0.1, 0.15) is 30.3 Å². The minimum absolute atomic E-state index is 0.0661. The number of likely N-dealkylation sites (tertiary alicyclic amines) is 1. The van der Waals surface area contributed by atoms with Crippen LogP contribution < -0.4 is 10.1 Å². The molecule has 3 aromatic rings. The fraction of sp³-hybridized carbons (Fsp3) is 0.414. The fourth-order valence-electron chi connectivity index (χ4n) is 5.05. The number of aromatic nitrogens is 1. The van der Waals surface area contributed by atoms with E-state index in [-0.39, 0.29) is 42.4 Å². The van der Waals surface area contributed by atoms with Crippen molar-refractivity contribution < 1.29 is 27.9 Å². The number of amides is 2. The molecule has 0 bridgehead atoms. The summed E-state index contributed by atoms with van der Waals surface area (Å²) in [4.78, 5) is 39.8. The summed E-state index contributed by atoms with van der Waals surface area (Å²) >= 11 is 5.81. The van der Waals surface area contributed by atoms with Crippen molar-refractivity contribution in [3.8, 4) is 5.75 Å². The molecule has 7 nitrogen and oxygen atoms in total. The van der Waals surface area contributed by atoms with Gasteiger partial charge in [0, 0.05) is 41.7 Å². The average molecular weight is 558 g/mol. The van der Waals surface area contributed by atoms with Crippen LogP contribution in [0.25, 0.3) is 10.9 Å². The van der Waals surface area contributed by atoms with Gasteiger partial charge in [0.25, 0.3) is 0 Å². The first-order valence-corrected chi connectivity index (χ1v) is 13.5. The van der Waals surface area contributed by atoms with E-state index in [9.17, 15) is 23.2 Å². The molecule has 1 N–H and O–H groups in total. The van der Waals surface area contributed by atoms with E-state index in [0.29, 0.717) is 28.8 Å². The first-order chi connectivity index (χ1) is 18.7. The third-order valence-corrected chi connectivity index (χ3v) is 7.68.